The first-order chi connectivity index (χ1) is 15.0. The fraction of sp³-hybridized carbons (Fsp3) is 0.200. The molecule has 5 nitrogen and oxygen atoms in total. The predicted molar refractivity (Wildman–Crippen MR) is 119 cm³/mol. The third-order valence-electron chi connectivity index (χ3n) is 5.51. The highest BCUT2D eigenvalue weighted by atomic mass is 19.1. The van der Waals surface area contributed by atoms with E-state index in [2.05, 4.69) is 33.9 Å². The number of benzene rings is 2. The molecule has 4 aromatic rings. The lowest BCUT2D eigenvalue weighted by molar-refractivity contribution is 0.0957. The number of rotatable bonds is 6. The zero-order valence-corrected chi connectivity index (χ0v) is 17.8. The van der Waals surface area contributed by atoms with Gasteiger partial charge in [-0.25, -0.2) is 9.37 Å². The van der Waals surface area contributed by atoms with Crippen LogP contribution >= 0.6 is 0 Å². The summed E-state index contributed by atoms with van der Waals surface area (Å²) < 4.78 is 21.5. The molecule has 4 rings (SSSR count). The van der Waals surface area contributed by atoms with Gasteiger partial charge in [0.05, 0.1) is 0 Å². The van der Waals surface area contributed by atoms with Crippen molar-refractivity contribution in [2.75, 3.05) is 7.05 Å². The monoisotopic (exact) mass is 417 g/mol. The zero-order valence-electron chi connectivity index (χ0n) is 17.8. The van der Waals surface area contributed by atoms with E-state index in [4.69, 9.17) is 4.74 Å². The highest BCUT2D eigenvalue weighted by molar-refractivity contribution is 5.98. The molecule has 0 atom stereocenters. The summed E-state index contributed by atoms with van der Waals surface area (Å²) in [5, 5.41) is 3.56. The largest absolute Gasteiger partial charge is 0.471 e. The van der Waals surface area contributed by atoms with Crippen molar-refractivity contribution in [3.63, 3.8) is 0 Å². The summed E-state index contributed by atoms with van der Waals surface area (Å²) in [6, 6.07) is 18.1. The van der Waals surface area contributed by atoms with Gasteiger partial charge in [0, 0.05) is 24.7 Å². The van der Waals surface area contributed by atoms with Crippen LogP contribution in [-0.4, -0.2) is 22.5 Å². The summed E-state index contributed by atoms with van der Waals surface area (Å²) in [6.45, 7) is 4.97. The lowest BCUT2D eigenvalue weighted by Crippen LogP contribution is -2.19. The summed E-state index contributed by atoms with van der Waals surface area (Å²) in [6.07, 6.45) is 0. The van der Waals surface area contributed by atoms with Crippen LogP contribution in [0.2, 0.25) is 0 Å². The second kappa shape index (κ2) is 8.60. The summed E-state index contributed by atoms with van der Waals surface area (Å²) in [4.78, 5) is 16.9. The summed E-state index contributed by atoms with van der Waals surface area (Å²) in [7, 11) is 1.58. The Morgan fingerprint density at radius 3 is 2.45 bits per heavy atom. The molecule has 0 aliphatic rings. The number of carbonyl (C=O) groups excluding carboxylic acids is 1. The minimum absolute atomic E-state index is 0.216. The molecule has 1 N–H and O–H groups in total. The molecule has 0 fully saturated rings. The number of amides is 1. The Morgan fingerprint density at radius 2 is 1.77 bits per heavy atom. The van der Waals surface area contributed by atoms with E-state index in [-0.39, 0.29) is 18.3 Å². The van der Waals surface area contributed by atoms with Crippen molar-refractivity contribution >= 4 is 16.8 Å². The van der Waals surface area contributed by atoms with E-state index in [1.807, 2.05) is 31.2 Å². The molecule has 0 spiro atoms. The minimum atomic E-state index is -0.297. The van der Waals surface area contributed by atoms with E-state index >= 15 is 0 Å². The first kappa shape index (κ1) is 20.6. The lowest BCUT2D eigenvalue weighted by atomic mass is 10.1. The van der Waals surface area contributed by atoms with Gasteiger partial charge in [0.1, 0.15) is 23.6 Å². The van der Waals surface area contributed by atoms with Crippen LogP contribution in [-0.2, 0) is 13.2 Å². The molecule has 0 unspecified atom stereocenters. The summed E-state index contributed by atoms with van der Waals surface area (Å²) in [5.41, 5.74) is 5.27. The number of aromatic nitrogens is 2. The molecule has 31 heavy (non-hydrogen) atoms. The molecule has 0 aliphatic heterocycles. The van der Waals surface area contributed by atoms with Crippen molar-refractivity contribution in [1.82, 2.24) is 14.9 Å². The highest BCUT2D eigenvalue weighted by Crippen LogP contribution is 2.33. The van der Waals surface area contributed by atoms with Crippen LogP contribution in [0.4, 0.5) is 4.39 Å². The van der Waals surface area contributed by atoms with Gasteiger partial charge < -0.3 is 14.6 Å². The number of halogens is 1. The van der Waals surface area contributed by atoms with Crippen LogP contribution in [0, 0.1) is 19.7 Å². The molecule has 2 aromatic carbocycles. The van der Waals surface area contributed by atoms with Gasteiger partial charge in [-0.15, -0.1) is 0 Å². The highest BCUT2D eigenvalue weighted by Gasteiger charge is 2.20. The maximum absolute atomic E-state index is 13.2. The van der Waals surface area contributed by atoms with Gasteiger partial charge >= 0.3 is 0 Å². The van der Waals surface area contributed by atoms with E-state index in [1.165, 1.54) is 12.1 Å². The van der Waals surface area contributed by atoms with Gasteiger partial charge in [-0.05, 0) is 48.7 Å². The van der Waals surface area contributed by atoms with Gasteiger partial charge in [-0.2, -0.15) is 0 Å². The van der Waals surface area contributed by atoms with E-state index in [1.54, 1.807) is 19.2 Å². The number of nitrogens with zero attached hydrogens (tertiary/aromatic N) is 2. The number of aryl methyl sites for hydroxylation is 1. The Hall–Kier alpha value is -3.67. The molecular formula is C25H24FN3O2. The predicted octanol–water partition coefficient (Wildman–Crippen LogP) is 4.78. The van der Waals surface area contributed by atoms with Crippen LogP contribution in [0.3, 0.4) is 0 Å². The topological polar surface area (TPSA) is 56.2 Å². The minimum Gasteiger partial charge on any atom is -0.471 e. The number of carbonyl (C=O) groups is 1. The Kier molecular flexibility index (Phi) is 5.71. The Morgan fingerprint density at radius 1 is 1.06 bits per heavy atom. The first-order valence-corrected chi connectivity index (χ1v) is 10.1. The number of pyridine rings is 1. The fourth-order valence-corrected chi connectivity index (χ4v) is 3.67. The van der Waals surface area contributed by atoms with Gasteiger partial charge in [0.2, 0.25) is 5.88 Å². The quantitative estimate of drug-likeness (QED) is 0.491. The second-order valence-electron chi connectivity index (χ2n) is 7.49. The first-order valence-electron chi connectivity index (χ1n) is 10.1. The number of ether oxygens (including phenoxy) is 1. The van der Waals surface area contributed by atoms with Gasteiger partial charge in [-0.1, -0.05) is 42.5 Å². The van der Waals surface area contributed by atoms with Crippen molar-refractivity contribution in [2.45, 2.75) is 27.0 Å². The molecule has 158 valence electrons. The van der Waals surface area contributed by atoms with E-state index < -0.39 is 0 Å². The number of hydrogen-bond acceptors (Lipinski definition) is 3. The zero-order chi connectivity index (χ0) is 22.0. The van der Waals surface area contributed by atoms with Gasteiger partial charge in [0.25, 0.3) is 5.91 Å². The number of hydrogen-bond donors (Lipinski definition) is 1. The maximum Gasteiger partial charge on any atom is 0.269 e. The normalized spacial score (nSPS) is 11.0. The van der Waals surface area contributed by atoms with Crippen molar-refractivity contribution < 1.29 is 13.9 Å². The Bertz CT molecular complexity index is 1230. The molecule has 0 radical (unpaired) electrons. The van der Waals surface area contributed by atoms with E-state index in [0.29, 0.717) is 18.1 Å². The SMILES string of the molecule is CNC(=O)c1cc2c(C)c(C)n(Cc3ccccc3)c2c(OCc2ccc(F)cc2)n1. The summed E-state index contributed by atoms with van der Waals surface area (Å²) in [5.74, 6) is -0.192. The molecule has 0 aliphatic carbocycles. The lowest BCUT2D eigenvalue weighted by Gasteiger charge is -2.13. The van der Waals surface area contributed by atoms with E-state index in [9.17, 15) is 9.18 Å². The van der Waals surface area contributed by atoms with Crippen LogP contribution < -0.4 is 10.1 Å². The Labute approximate surface area is 180 Å². The molecule has 6 heteroatoms. The standard InChI is InChI=1S/C25H24FN3O2/c1-16-17(2)29(14-18-7-5-4-6-8-18)23-21(16)13-22(24(30)27-3)28-25(23)31-15-19-9-11-20(26)12-10-19/h4-13H,14-15H2,1-3H3,(H,27,30). The Balaban J connectivity index is 1.82. The molecule has 0 saturated carbocycles. The van der Waals surface area contributed by atoms with Crippen molar-refractivity contribution in [3.8, 4) is 5.88 Å². The number of nitrogens with one attached hydrogen (secondary N) is 1. The summed E-state index contributed by atoms with van der Waals surface area (Å²) >= 11 is 0. The van der Waals surface area contributed by atoms with Gasteiger partial charge in [0.15, 0.2) is 0 Å². The van der Waals surface area contributed by atoms with Gasteiger partial charge in [-0.3, -0.25) is 4.79 Å². The van der Waals surface area contributed by atoms with Crippen molar-refractivity contribution in [2.24, 2.45) is 0 Å². The third kappa shape index (κ3) is 4.14. The van der Waals surface area contributed by atoms with Crippen LogP contribution in [0.1, 0.15) is 32.9 Å². The number of fused-ring (bicyclic) bond motifs is 1. The smallest absolute Gasteiger partial charge is 0.269 e. The average Bonchev–Trinajstić information content (AvgIpc) is 3.03. The molecule has 0 saturated heterocycles. The maximum atomic E-state index is 13.2. The van der Waals surface area contributed by atoms with E-state index in [0.717, 1.165) is 33.3 Å². The van der Waals surface area contributed by atoms with Crippen LogP contribution in [0.15, 0.2) is 60.7 Å². The average molecular weight is 417 g/mol. The third-order valence-corrected chi connectivity index (χ3v) is 5.51. The molecule has 1 amide bonds. The van der Waals surface area contributed by atoms with Crippen molar-refractivity contribution in [3.05, 3.63) is 94.6 Å². The van der Waals surface area contributed by atoms with Crippen LogP contribution in [0.5, 0.6) is 5.88 Å². The second-order valence-corrected chi connectivity index (χ2v) is 7.49. The molecule has 0 bridgehead atoms. The molecule has 2 aromatic heterocycles. The molecular weight excluding hydrogens is 393 g/mol. The van der Waals surface area contributed by atoms with Crippen molar-refractivity contribution in [1.29, 1.82) is 0 Å². The molecule has 2 heterocycles. The van der Waals surface area contributed by atoms with Crippen LogP contribution in [0.25, 0.3) is 10.9 Å². The fourth-order valence-electron chi connectivity index (χ4n) is 3.67.